The number of rotatable bonds is 7. The highest BCUT2D eigenvalue weighted by atomic mass is 32.1. The summed E-state index contributed by atoms with van der Waals surface area (Å²) in [6, 6.07) is 6.04. The van der Waals surface area contributed by atoms with Crippen LogP contribution >= 0.6 is 12.6 Å². The van der Waals surface area contributed by atoms with Gasteiger partial charge in [-0.15, -0.1) is 0 Å². The average Bonchev–Trinajstić information content (AvgIpc) is 2.38. The number of phenols is 1. The van der Waals surface area contributed by atoms with Crippen LogP contribution in [-0.2, 0) is 16.0 Å². The molecule has 5 heteroatoms. The van der Waals surface area contributed by atoms with E-state index in [2.05, 4.69) is 17.9 Å². The molecule has 4 nitrogen and oxygen atoms in total. The van der Waals surface area contributed by atoms with Gasteiger partial charge in [0.15, 0.2) is 0 Å². The molecule has 18 heavy (non-hydrogen) atoms. The van der Waals surface area contributed by atoms with Crippen molar-refractivity contribution in [1.82, 2.24) is 5.32 Å². The molecule has 2 N–H and O–H groups in total. The van der Waals surface area contributed by atoms with Gasteiger partial charge in [0.05, 0.1) is 6.04 Å². The molecule has 1 amide bonds. The molecule has 0 aromatic heterocycles. The molecule has 0 heterocycles. The van der Waals surface area contributed by atoms with E-state index in [0.29, 0.717) is 25.0 Å². The Morgan fingerprint density at radius 1 is 1.39 bits per heavy atom. The molecule has 0 saturated heterocycles. The fraction of sp³-hybridized carbons (Fsp3) is 0.385. The maximum Gasteiger partial charge on any atom is 0.220 e. The van der Waals surface area contributed by atoms with Crippen LogP contribution in [0.2, 0.25) is 0 Å². The van der Waals surface area contributed by atoms with Crippen LogP contribution in [0.25, 0.3) is 0 Å². The number of amides is 1. The average molecular weight is 267 g/mol. The Kier molecular flexibility index (Phi) is 6.28. The summed E-state index contributed by atoms with van der Waals surface area (Å²) in [7, 11) is 0. The zero-order valence-electron chi connectivity index (χ0n) is 10.0. The molecule has 0 saturated carbocycles. The van der Waals surface area contributed by atoms with Crippen molar-refractivity contribution in [2.24, 2.45) is 0 Å². The number of thiol groups is 1. The molecule has 1 atom stereocenters. The summed E-state index contributed by atoms with van der Waals surface area (Å²) in [5, 5.41) is 11.8. The van der Waals surface area contributed by atoms with Crippen molar-refractivity contribution < 1.29 is 14.7 Å². The molecular formula is C13H17NO3S. The quantitative estimate of drug-likeness (QED) is 0.516. The Bertz CT molecular complexity index is 392. The molecule has 1 unspecified atom stereocenters. The van der Waals surface area contributed by atoms with Crippen molar-refractivity contribution in [1.29, 1.82) is 0 Å². The largest absolute Gasteiger partial charge is 0.508 e. The number of benzene rings is 1. The van der Waals surface area contributed by atoms with Crippen LogP contribution in [0, 0.1) is 0 Å². The number of phenolic OH excluding ortho intramolecular Hbond substituents is 1. The van der Waals surface area contributed by atoms with E-state index in [4.69, 9.17) is 5.11 Å². The van der Waals surface area contributed by atoms with E-state index < -0.39 is 6.04 Å². The topological polar surface area (TPSA) is 66.4 Å². The van der Waals surface area contributed by atoms with Crippen LogP contribution in [-0.4, -0.2) is 29.1 Å². The van der Waals surface area contributed by atoms with Gasteiger partial charge in [-0.25, -0.2) is 0 Å². The van der Waals surface area contributed by atoms with Gasteiger partial charge in [-0.2, -0.15) is 12.6 Å². The Hall–Kier alpha value is -1.49. The van der Waals surface area contributed by atoms with Gasteiger partial charge in [0, 0.05) is 6.42 Å². The second kappa shape index (κ2) is 7.76. The first-order valence-corrected chi connectivity index (χ1v) is 6.42. The first-order valence-electron chi connectivity index (χ1n) is 5.79. The van der Waals surface area contributed by atoms with E-state index in [1.54, 1.807) is 24.3 Å². The van der Waals surface area contributed by atoms with Crippen molar-refractivity contribution in [3.05, 3.63) is 29.8 Å². The van der Waals surface area contributed by atoms with E-state index in [1.165, 1.54) is 0 Å². The predicted molar refractivity (Wildman–Crippen MR) is 72.9 cm³/mol. The minimum absolute atomic E-state index is 0.139. The lowest BCUT2D eigenvalue weighted by atomic mass is 10.1. The van der Waals surface area contributed by atoms with Crippen molar-refractivity contribution in [3.63, 3.8) is 0 Å². The summed E-state index contributed by atoms with van der Waals surface area (Å²) in [6.45, 7) is 0. The van der Waals surface area contributed by atoms with Crippen LogP contribution in [0.4, 0.5) is 0 Å². The normalized spacial score (nSPS) is 11.8. The Morgan fingerprint density at radius 3 is 2.61 bits per heavy atom. The number of hydrogen-bond acceptors (Lipinski definition) is 4. The van der Waals surface area contributed by atoms with Gasteiger partial charge in [-0.1, -0.05) is 12.1 Å². The molecule has 0 spiro atoms. The van der Waals surface area contributed by atoms with Crippen LogP contribution in [0.15, 0.2) is 24.3 Å². The van der Waals surface area contributed by atoms with E-state index in [9.17, 15) is 9.59 Å². The Labute approximate surface area is 112 Å². The first kappa shape index (κ1) is 14.6. The van der Waals surface area contributed by atoms with Crippen molar-refractivity contribution in [3.8, 4) is 5.75 Å². The fourth-order valence-electron chi connectivity index (χ4n) is 1.54. The molecule has 98 valence electrons. The standard InChI is InChI=1S/C13H17NO3S/c15-9-11(14-13(17)2-1-7-18)8-10-3-5-12(16)6-4-10/h3-6,9,11,16,18H,1-2,7-8H2,(H,14,17). The van der Waals surface area contributed by atoms with Gasteiger partial charge in [0.25, 0.3) is 0 Å². The smallest absolute Gasteiger partial charge is 0.220 e. The zero-order valence-corrected chi connectivity index (χ0v) is 10.9. The lowest BCUT2D eigenvalue weighted by Gasteiger charge is -2.12. The van der Waals surface area contributed by atoms with E-state index in [1.807, 2.05) is 0 Å². The summed E-state index contributed by atoms with van der Waals surface area (Å²) in [6.07, 6.45) is 2.23. The molecule has 0 aliphatic carbocycles. The third kappa shape index (κ3) is 5.23. The Balaban J connectivity index is 2.49. The van der Waals surface area contributed by atoms with Crippen molar-refractivity contribution >= 4 is 24.8 Å². The van der Waals surface area contributed by atoms with Gasteiger partial charge in [-0.3, -0.25) is 4.79 Å². The summed E-state index contributed by atoms with van der Waals surface area (Å²) in [5.74, 6) is 0.691. The van der Waals surface area contributed by atoms with E-state index in [0.717, 1.165) is 11.8 Å². The van der Waals surface area contributed by atoms with Crippen molar-refractivity contribution in [2.45, 2.75) is 25.3 Å². The highest BCUT2D eigenvalue weighted by molar-refractivity contribution is 7.80. The highest BCUT2D eigenvalue weighted by Crippen LogP contribution is 2.11. The molecule has 1 rings (SSSR count). The summed E-state index contributed by atoms with van der Waals surface area (Å²) in [4.78, 5) is 22.4. The highest BCUT2D eigenvalue weighted by Gasteiger charge is 2.11. The van der Waals surface area contributed by atoms with Crippen LogP contribution < -0.4 is 5.32 Å². The van der Waals surface area contributed by atoms with Gasteiger partial charge < -0.3 is 15.2 Å². The lowest BCUT2D eigenvalue weighted by Crippen LogP contribution is -2.37. The van der Waals surface area contributed by atoms with Gasteiger partial charge in [-0.05, 0) is 36.3 Å². The number of aromatic hydroxyl groups is 1. The third-order valence-corrected chi connectivity index (χ3v) is 2.78. The number of nitrogens with one attached hydrogen (secondary N) is 1. The molecule has 0 fully saturated rings. The Morgan fingerprint density at radius 2 is 2.06 bits per heavy atom. The van der Waals surface area contributed by atoms with Gasteiger partial charge in [0.1, 0.15) is 12.0 Å². The molecule has 0 aliphatic rings. The molecule has 0 aliphatic heterocycles. The van der Waals surface area contributed by atoms with E-state index in [-0.39, 0.29) is 11.7 Å². The monoisotopic (exact) mass is 267 g/mol. The second-order valence-electron chi connectivity index (χ2n) is 4.01. The third-order valence-electron chi connectivity index (χ3n) is 2.46. The fourth-order valence-corrected chi connectivity index (χ4v) is 1.70. The number of carbonyl (C=O) groups excluding carboxylic acids is 2. The number of aldehydes is 1. The lowest BCUT2D eigenvalue weighted by molar-refractivity contribution is -0.124. The molecular weight excluding hydrogens is 250 g/mol. The van der Waals surface area contributed by atoms with Crippen LogP contribution in [0.5, 0.6) is 5.75 Å². The number of carbonyl (C=O) groups is 2. The maximum atomic E-state index is 11.5. The first-order chi connectivity index (χ1) is 8.65. The van der Waals surface area contributed by atoms with Crippen LogP contribution in [0.3, 0.4) is 0 Å². The predicted octanol–water partition coefficient (Wildman–Crippen LogP) is 1.33. The van der Waals surface area contributed by atoms with E-state index >= 15 is 0 Å². The molecule has 0 bridgehead atoms. The zero-order chi connectivity index (χ0) is 13.4. The molecule has 1 aromatic rings. The minimum Gasteiger partial charge on any atom is -0.508 e. The minimum atomic E-state index is -0.526. The van der Waals surface area contributed by atoms with Crippen LogP contribution in [0.1, 0.15) is 18.4 Å². The second-order valence-corrected chi connectivity index (χ2v) is 4.46. The summed E-state index contributed by atoms with van der Waals surface area (Å²) >= 11 is 4.03. The summed E-state index contributed by atoms with van der Waals surface area (Å²) in [5.41, 5.74) is 0.888. The van der Waals surface area contributed by atoms with Gasteiger partial charge >= 0.3 is 0 Å². The van der Waals surface area contributed by atoms with Gasteiger partial charge in [0.2, 0.25) is 5.91 Å². The maximum absolute atomic E-state index is 11.5. The molecule has 0 radical (unpaired) electrons. The van der Waals surface area contributed by atoms with Crippen molar-refractivity contribution in [2.75, 3.05) is 5.75 Å². The molecule has 1 aromatic carbocycles. The summed E-state index contributed by atoms with van der Waals surface area (Å²) < 4.78 is 0. The SMILES string of the molecule is O=CC(Cc1ccc(O)cc1)NC(=O)CCCS. The number of hydrogen-bond donors (Lipinski definition) is 3.